The van der Waals surface area contributed by atoms with E-state index in [-0.39, 0.29) is 10.3 Å². The molecule has 0 atom stereocenters. The molecule has 3 aromatic rings. The Bertz CT molecular complexity index is 948. The van der Waals surface area contributed by atoms with E-state index in [0.717, 1.165) is 0 Å². The summed E-state index contributed by atoms with van der Waals surface area (Å²) in [4.78, 5) is 19.8. The van der Waals surface area contributed by atoms with Gasteiger partial charge < -0.3 is 14.5 Å². The summed E-state index contributed by atoms with van der Waals surface area (Å²) < 4.78 is 12.2. The van der Waals surface area contributed by atoms with E-state index >= 15 is 0 Å². The molecule has 0 fully saturated rings. The topological polar surface area (TPSA) is 69.1 Å². The molecule has 0 amide bonds. The van der Waals surface area contributed by atoms with Crippen molar-refractivity contribution in [3.63, 3.8) is 0 Å². The van der Waals surface area contributed by atoms with Gasteiger partial charge >= 0.3 is 0 Å². The fourth-order valence-corrected chi connectivity index (χ4v) is 2.56. The van der Waals surface area contributed by atoms with Crippen molar-refractivity contribution in [3.8, 4) is 17.2 Å². The highest BCUT2D eigenvalue weighted by Gasteiger charge is 2.12. The Balaban J connectivity index is 2.38. The number of ether oxygens (including phenoxy) is 2. The van der Waals surface area contributed by atoms with Crippen LogP contribution in [0, 0.1) is 4.77 Å². The van der Waals surface area contributed by atoms with Gasteiger partial charge in [0.15, 0.2) is 16.3 Å². The van der Waals surface area contributed by atoms with Gasteiger partial charge in [-0.15, -0.1) is 0 Å². The molecule has 0 radical (unpaired) electrons. The van der Waals surface area contributed by atoms with E-state index in [9.17, 15) is 4.79 Å². The molecule has 1 aromatic carbocycles. The van der Waals surface area contributed by atoms with E-state index < -0.39 is 0 Å². The lowest BCUT2D eigenvalue weighted by Gasteiger charge is -2.11. The highest BCUT2D eigenvalue weighted by molar-refractivity contribution is 7.71. The zero-order valence-corrected chi connectivity index (χ0v) is 12.8. The Kier molecular flexibility index (Phi) is 3.64. The summed E-state index contributed by atoms with van der Waals surface area (Å²) in [5.74, 6) is 1.01. The molecule has 2 heterocycles. The quantitative estimate of drug-likeness (QED) is 0.752. The number of rotatable bonds is 3. The van der Waals surface area contributed by atoms with Crippen LogP contribution < -0.4 is 15.0 Å². The maximum Gasteiger partial charge on any atom is 0.266 e. The fraction of sp³-hybridized carbons (Fsp3) is 0.133. The van der Waals surface area contributed by atoms with E-state index in [0.29, 0.717) is 28.1 Å². The maximum atomic E-state index is 12.8. The standard InChI is InChI=1S/C15H13N3O3S/c1-20-12-6-10-11(7-13(12)21-2)17-15(22)18(14(10)19)9-4-3-5-16-8-9/h3-8H,1-2H3,(H,17,22). The molecular formula is C15H13N3O3S. The molecule has 7 heteroatoms. The third-order valence-electron chi connectivity index (χ3n) is 3.31. The van der Waals surface area contributed by atoms with Crippen LogP contribution in [0.1, 0.15) is 0 Å². The van der Waals surface area contributed by atoms with Crippen LogP contribution in [0.2, 0.25) is 0 Å². The molecule has 0 aliphatic carbocycles. The van der Waals surface area contributed by atoms with Gasteiger partial charge in [0.05, 0.1) is 37.0 Å². The monoisotopic (exact) mass is 315 g/mol. The number of methoxy groups -OCH3 is 2. The molecule has 22 heavy (non-hydrogen) atoms. The summed E-state index contributed by atoms with van der Waals surface area (Å²) in [7, 11) is 3.06. The Morgan fingerprint density at radius 1 is 1.23 bits per heavy atom. The number of aromatic nitrogens is 3. The first kappa shape index (κ1) is 14.3. The Morgan fingerprint density at radius 3 is 2.59 bits per heavy atom. The zero-order valence-electron chi connectivity index (χ0n) is 12.0. The minimum absolute atomic E-state index is 0.243. The Hall–Kier alpha value is -2.67. The van der Waals surface area contributed by atoms with Gasteiger partial charge in [0.1, 0.15) is 0 Å². The molecule has 6 nitrogen and oxygen atoms in total. The Labute approximate surface area is 131 Å². The van der Waals surface area contributed by atoms with Crippen LogP contribution in [0.15, 0.2) is 41.5 Å². The van der Waals surface area contributed by atoms with Gasteiger partial charge in [0.2, 0.25) is 0 Å². The van der Waals surface area contributed by atoms with Crippen LogP contribution in [0.4, 0.5) is 0 Å². The molecule has 112 valence electrons. The van der Waals surface area contributed by atoms with Gasteiger partial charge in [0.25, 0.3) is 5.56 Å². The summed E-state index contributed by atoms with van der Waals surface area (Å²) in [6.45, 7) is 0. The number of benzene rings is 1. The van der Waals surface area contributed by atoms with Crippen molar-refractivity contribution in [2.75, 3.05) is 14.2 Å². The van der Waals surface area contributed by atoms with E-state index in [1.54, 1.807) is 36.7 Å². The molecule has 0 bridgehead atoms. The van der Waals surface area contributed by atoms with E-state index in [1.807, 2.05) is 0 Å². The van der Waals surface area contributed by atoms with E-state index in [2.05, 4.69) is 9.97 Å². The SMILES string of the molecule is COc1cc2[nH]c(=S)n(-c3cccnc3)c(=O)c2cc1OC. The van der Waals surface area contributed by atoms with Crippen LogP contribution in [0.5, 0.6) is 11.5 Å². The molecule has 1 N–H and O–H groups in total. The van der Waals surface area contributed by atoms with E-state index in [4.69, 9.17) is 21.7 Å². The predicted octanol–water partition coefficient (Wildman–Crippen LogP) is 2.46. The van der Waals surface area contributed by atoms with Crippen LogP contribution in [-0.2, 0) is 0 Å². The van der Waals surface area contributed by atoms with Crippen LogP contribution in [0.3, 0.4) is 0 Å². The summed E-state index contributed by atoms with van der Waals surface area (Å²) in [6, 6.07) is 6.84. The number of aromatic amines is 1. The molecule has 3 rings (SSSR count). The number of nitrogens with zero attached hydrogens (tertiary/aromatic N) is 2. The molecule has 0 spiro atoms. The summed E-state index contributed by atoms with van der Waals surface area (Å²) in [6.07, 6.45) is 3.22. The second-order valence-electron chi connectivity index (χ2n) is 4.53. The van der Waals surface area contributed by atoms with Crippen LogP contribution in [-0.4, -0.2) is 28.8 Å². The minimum Gasteiger partial charge on any atom is -0.493 e. The molecule has 0 saturated heterocycles. The van der Waals surface area contributed by atoms with Crippen molar-refractivity contribution >= 4 is 23.1 Å². The number of hydrogen-bond acceptors (Lipinski definition) is 5. The van der Waals surface area contributed by atoms with Crippen molar-refractivity contribution in [3.05, 3.63) is 51.8 Å². The molecular weight excluding hydrogens is 302 g/mol. The van der Waals surface area contributed by atoms with Gasteiger partial charge in [-0.3, -0.25) is 14.3 Å². The smallest absolute Gasteiger partial charge is 0.266 e. The van der Waals surface area contributed by atoms with Gasteiger partial charge in [-0.1, -0.05) is 0 Å². The fourth-order valence-electron chi connectivity index (χ4n) is 2.26. The minimum atomic E-state index is -0.243. The number of hydrogen-bond donors (Lipinski definition) is 1. The number of H-pyrrole nitrogens is 1. The van der Waals surface area contributed by atoms with Crippen LogP contribution >= 0.6 is 12.2 Å². The van der Waals surface area contributed by atoms with Crippen molar-refractivity contribution < 1.29 is 9.47 Å². The average Bonchev–Trinajstić information content (AvgIpc) is 2.54. The third kappa shape index (κ3) is 2.25. The summed E-state index contributed by atoms with van der Waals surface area (Å²) >= 11 is 5.30. The van der Waals surface area contributed by atoms with E-state index in [1.165, 1.54) is 18.8 Å². The van der Waals surface area contributed by atoms with Crippen molar-refractivity contribution in [2.24, 2.45) is 0 Å². The number of pyridine rings is 1. The first-order valence-electron chi connectivity index (χ1n) is 6.47. The van der Waals surface area contributed by atoms with Crippen molar-refractivity contribution in [1.29, 1.82) is 0 Å². The Morgan fingerprint density at radius 2 is 1.95 bits per heavy atom. The van der Waals surface area contributed by atoms with Gasteiger partial charge in [-0.05, 0) is 30.4 Å². The lowest BCUT2D eigenvalue weighted by molar-refractivity contribution is 0.355. The van der Waals surface area contributed by atoms with Gasteiger partial charge in [0, 0.05) is 12.3 Å². The molecule has 0 aliphatic heterocycles. The predicted molar refractivity (Wildman–Crippen MR) is 85.6 cm³/mol. The van der Waals surface area contributed by atoms with Crippen molar-refractivity contribution in [1.82, 2.24) is 14.5 Å². The van der Waals surface area contributed by atoms with Gasteiger partial charge in [-0.25, -0.2) is 0 Å². The lowest BCUT2D eigenvalue weighted by atomic mass is 10.2. The second-order valence-corrected chi connectivity index (χ2v) is 4.92. The van der Waals surface area contributed by atoms with Crippen LogP contribution in [0.25, 0.3) is 16.6 Å². The lowest BCUT2D eigenvalue weighted by Crippen LogP contribution is -2.20. The zero-order chi connectivity index (χ0) is 15.7. The highest BCUT2D eigenvalue weighted by atomic mass is 32.1. The third-order valence-corrected chi connectivity index (χ3v) is 3.59. The van der Waals surface area contributed by atoms with Gasteiger partial charge in [-0.2, -0.15) is 0 Å². The number of fused-ring (bicyclic) bond motifs is 1. The molecule has 0 aliphatic rings. The summed E-state index contributed by atoms with van der Waals surface area (Å²) in [5.41, 5.74) is 0.950. The average molecular weight is 315 g/mol. The molecule has 2 aromatic heterocycles. The first-order chi connectivity index (χ1) is 10.7. The number of nitrogens with one attached hydrogen (secondary N) is 1. The molecule has 0 saturated carbocycles. The highest BCUT2D eigenvalue weighted by Crippen LogP contribution is 2.30. The normalized spacial score (nSPS) is 10.6. The summed E-state index contributed by atoms with van der Waals surface area (Å²) in [5, 5.41) is 0.454. The van der Waals surface area contributed by atoms with Crippen molar-refractivity contribution in [2.45, 2.75) is 0 Å². The second kappa shape index (κ2) is 5.61. The first-order valence-corrected chi connectivity index (χ1v) is 6.88. The molecule has 0 unspecified atom stereocenters. The maximum absolute atomic E-state index is 12.8. The largest absolute Gasteiger partial charge is 0.493 e.